The maximum absolute atomic E-state index is 12.5. The van der Waals surface area contributed by atoms with Crippen molar-refractivity contribution >= 4 is 17.6 Å². The maximum atomic E-state index is 12.5. The lowest BCUT2D eigenvalue weighted by molar-refractivity contribution is -0.131. The Kier molecular flexibility index (Phi) is 3.39. The fourth-order valence-corrected chi connectivity index (χ4v) is 2.43. The number of aromatic nitrogens is 1. The number of hydrogen-bond donors (Lipinski definition) is 0. The molecule has 21 heavy (non-hydrogen) atoms. The van der Waals surface area contributed by atoms with Gasteiger partial charge in [0.2, 0.25) is 0 Å². The number of carbonyl (C=O) groups is 2. The van der Waals surface area contributed by atoms with Crippen molar-refractivity contribution in [3.8, 4) is 5.75 Å². The topological polar surface area (TPSA) is 59.5 Å². The van der Waals surface area contributed by atoms with Crippen LogP contribution in [0.1, 0.15) is 23.0 Å². The van der Waals surface area contributed by atoms with Gasteiger partial charge in [0.25, 0.3) is 5.91 Å². The number of esters is 1. The van der Waals surface area contributed by atoms with Crippen LogP contribution in [0.3, 0.4) is 0 Å². The Morgan fingerprint density at radius 3 is 2.81 bits per heavy atom. The Bertz CT molecular complexity index is 698. The molecule has 1 aliphatic heterocycles. The summed E-state index contributed by atoms with van der Waals surface area (Å²) in [6.07, 6.45) is 2.38. The molecule has 0 saturated carbocycles. The second kappa shape index (κ2) is 5.36. The number of pyridine rings is 1. The van der Waals surface area contributed by atoms with Gasteiger partial charge < -0.3 is 9.64 Å². The van der Waals surface area contributed by atoms with Crippen molar-refractivity contribution in [3.05, 3.63) is 53.9 Å². The van der Waals surface area contributed by atoms with Gasteiger partial charge >= 0.3 is 5.97 Å². The Morgan fingerprint density at radius 1 is 1.24 bits per heavy atom. The van der Waals surface area contributed by atoms with Crippen molar-refractivity contribution in [2.75, 3.05) is 11.4 Å². The first kappa shape index (κ1) is 13.3. The standard InChI is InChI=1S/C16H14N2O3/c1-11(19)21-13-6-5-12-7-9-18(15(12)10-13)16(20)14-4-2-3-8-17-14/h2-6,8,10H,7,9H2,1H3. The van der Waals surface area contributed by atoms with Gasteiger partial charge in [-0.1, -0.05) is 12.1 Å². The molecule has 1 aliphatic rings. The summed E-state index contributed by atoms with van der Waals surface area (Å²) in [6, 6.07) is 10.6. The fourth-order valence-electron chi connectivity index (χ4n) is 2.43. The summed E-state index contributed by atoms with van der Waals surface area (Å²) in [4.78, 5) is 29.3. The summed E-state index contributed by atoms with van der Waals surface area (Å²) in [5.41, 5.74) is 2.25. The predicted molar refractivity (Wildman–Crippen MR) is 77.4 cm³/mol. The summed E-state index contributed by atoms with van der Waals surface area (Å²) < 4.78 is 5.08. The predicted octanol–water partition coefficient (Wildman–Crippen LogP) is 2.21. The molecule has 0 unspecified atom stereocenters. The molecule has 0 bridgehead atoms. The van der Waals surface area contributed by atoms with Crippen LogP contribution < -0.4 is 9.64 Å². The van der Waals surface area contributed by atoms with Gasteiger partial charge in [-0.05, 0) is 30.2 Å². The van der Waals surface area contributed by atoms with E-state index in [9.17, 15) is 9.59 Å². The number of benzene rings is 1. The summed E-state index contributed by atoms with van der Waals surface area (Å²) in [5.74, 6) is -0.0770. The molecule has 0 saturated heterocycles. The second-order valence-electron chi connectivity index (χ2n) is 4.81. The number of amides is 1. The minimum Gasteiger partial charge on any atom is -0.427 e. The van der Waals surface area contributed by atoms with Crippen LogP contribution in [0.4, 0.5) is 5.69 Å². The molecule has 2 heterocycles. The molecule has 5 heteroatoms. The first-order chi connectivity index (χ1) is 10.1. The lowest BCUT2D eigenvalue weighted by Gasteiger charge is -2.17. The highest BCUT2D eigenvalue weighted by Gasteiger charge is 2.26. The average Bonchev–Trinajstić information content (AvgIpc) is 2.90. The molecule has 1 amide bonds. The Labute approximate surface area is 122 Å². The van der Waals surface area contributed by atoms with Crippen LogP contribution in [0.5, 0.6) is 5.75 Å². The number of rotatable bonds is 2. The van der Waals surface area contributed by atoms with Crippen molar-refractivity contribution in [1.82, 2.24) is 4.98 Å². The zero-order valence-corrected chi connectivity index (χ0v) is 11.6. The molecule has 0 fully saturated rings. The van der Waals surface area contributed by atoms with Gasteiger partial charge in [0, 0.05) is 25.7 Å². The molecule has 1 aromatic heterocycles. The van der Waals surface area contributed by atoms with E-state index in [1.165, 1.54) is 6.92 Å². The lowest BCUT2D eigenvalue weighted by atomic mass is 10.1. The molecule has 0 radical (unpaired) electrons. The van der Waals surface area contributed by atoms with Crippen molar-refractivity contribution in [1.29, 1.82) is 0 Å². The van der Waals surface area contributed by atoms with Crippen LogP contribution in [0.15, 0.2) is 42.6 Å². The van der Waals surface area contributed by atoms with E-state index < -0.39 is 0 Å². The summed E-state index contributed by atoms with van der Waals surface area (Å²) in [5, 5.41) is 0. The van der Waals surface area contributed by atoms with Gasteiger partial charge in [-0.25, -0.2) is 0 Å². The van der Waals surface area contributed by atoms with Gasteiger partial charge in [-0.15, -0.1) is 0 Å². The molecule has 106 valence electrons. The van der Waals surface area contributed by atoms with Crippen LogP contribution in [0.25, 0.3) is 0 Å². The van der Waals surface area contributed by atoms with Crippen LogP contribution in [-0.4, -0.2) is 23.4 Å². The van der Waals surface area contributed by atoms with Crippen molar-refractivity contribution < 1.29 is 14.3 Å². The van der Waals surface area contributed by atoms with Gasteiger partial charge in [0.15, 0.2) is 0 Å². The highest BCUT2D eigenvalue weighted by Crippen LogP contribution is 2.32. The van der Waals surface area contributed by atoms with Gasteiger partial charge in [-0.3, -0.25) is 14.6 Å². The van der Waals surface area contributed by atoms with Crippen LogP contribution >= 0.6 is 0 Å². The van der Waals surface area contributed by atoms with Gasteiger partial charge in [0.1, 0.15) is 11.4 Å². The third-order valence-electron chi connectivity index (χ3n) is 3.34. The number of ether oxygens (including phenoxy) is 1. The zero-order valence-electron chi connectivity index (χ0n) is 11.6. The molecule has 1 aromatic carbocycles. The van der Waals surface area contributed by atoms with E-state index in [1.54, 1.807) is 41.4 Å². The highest BCUT2D eigenvalue weighted by molar-refractivity contribution is 6.06. The second-order valence-corrected chi connectivity index (χ2v) is 4.81. The quantitative estimate of drug-likeness (QED) is 0.626. The monoisotopic (exact) mass is 282 g/mol. The van der Waals surface area contributed by atoms with Crippen LogP contribution in [0.2, 0.25) is 0 Å². The lowest BCUT2D eigenvalue weighted by Crippen LogP contribution is -2.29. The summed E-state index contributed by atoms with van der Waals surface area (Å²) >= 11 is 0. The van der Waals surface area contributed by atoms with E-state index in [0.29, 0.717) is 18.0 Å². The number of anilines is 1. The van der Waals surface area contributed by atoms with E-state index in [-0.39, 0.29) is 11.9 Å². The van der Waals surface area contributed by atoms with Crippen molar-refractivity contribution in [2.45, 2.75) is 13.3 Å². The molecular weight excluding hydrogens is 268 g/mol. The third kappa shape index (κ3) is 2.63. The molecule has 3 rings (SSSR count). The first-order valence-electron chi connectivity index (χ1n) is 6.69. The Morgan fingerprint density at radius 2 is 2.10 bits per heavy atom. The molecular formula is C16H14N2O3. The fraction of sp³-hybridized carbons (Fsp3) is 0.188. The van der Waals surface area contributed by atoms with E-state index in [1.807, 2.05) is 6.07 Å². The third-order valence-corrected chi connectivity index (χ3v) is 3.34. The molecule has 5 nitrogen and oxygen atoms in total. The molecule has 0 spiro atoms. The largest absolute Gasteiger partial charge is 0.427 e. The average molecular weight is 282 g/mol. The number of hydrogen-bond acceptors (Lipinski definition) is 4. The smallest absolute Gasteiger partial charge is 0.308 e. The molecule has 0 N–H and O–H groups in total. The van der Waals surface area contributed by atoms with Gasteiger partial charge in [0.05, 0.1) is 5.69 Å². The number of carbonyl (C=O) groups excluding carboxylic acids is 2. The minimum atomic E-state index is -0.379. The van der Waals surface area contributed by atoms with E-state index in [0.717, 1.165) is 17.7 Å². The SMILES string of the molecule is CC(=O)Oc1ccc2c(c1)N(C(=O)c1ccccn1)CC2. The Hall–Kier alpha value is -2.69. The minimum absolute atomic E-state index is 0.144. The van der Waals surface area contributed by atoms with E-state index in [4.69, 9.17) is 4.74 Å². The summed E-state index contributed by atoms with van der Waals surface area (Å²) in [7, 11) is 0. The molecule has 0 aliphatic carbocycles. The van der Waals surface area contributed by atoms with E-state index in [2.05, 4.69) is 4.98 Å². The normalized spacial score (nSPS) is 12.9. The highest BCUT2D eigenvalue weighted by atomic mass is 16.5. The Balaban J connectivity index is 1.92. The summed E-state index contributed by atoms with van der Waals surface area (Å²) in [6.45, 7) is 1.96. The van der Waals surface area contributed by atoms with Crippen LogP contribution in [-0.2, 0) is 11.2 Å². The number of nitrogens with zero attached hydrogens (tertiary/aromatic N) is 2. The van der Waals surface area contributed by atoms with Crippen LogP contribution in [0, 0.1) is 0 Å². The molecule has 0 atom stereocenters. The van der Waals surface area contributed by atoms with Gasteiger partial charge in [-0.2, -0.15) is 0 Å². The van der Waals surface area contributed by atoms with E-state index >= 15 is 0 Å². The number of fused-ring (bicyclic) bond motifs is 1. The maximum Gasteiger partial charge on any atom is 0.308 e. The zero-order chi connectivity index (χ0) is 14.8. The van der Waals surface area contributed by atoms with Crippen molar-refractivity contribution in [2.24, 2.45) is 0 Å². The molecule has 2 aromatic rings. The first-order valence-corrected chi connectivity index (χ1v) is 6.69. The van der Waals surface area contributed by atoms with Crippen molar-refractivity contribution in [3.63, 3.8) is 0 Å².